The molecule has 1 saturated carbocycles. The van der Waals surface area contributed by atoms with E-state index in [2.05, 4.69) is 0 Å². The largest absolute Gasteiger partial charge is 0.386 e. The lowest BCUT2D eigenvalue weighted by Crippen LogP contribution is -2.30. The van der Waals surface area contributed by atoms with Crippen LogP contribution in [-0.4, -0.2) is 6.10 Å². The van der Waals surface area contributed by atoms with Gasteiger partial charge in [-0.15, -0.1) is 0 Å². The molecule has 0 atom stereocenters. The molecule has 0 aliphatic heterocycles. The molecule has 10 heteroatoms. The third-order valence-electron chi connectivity index (χ3n) is 7.54. The highest BCUT2D eigenvalue weighted by Gasteiger charge is 2.41. The fourth-order valence-electron chi connectivity index (χ4n) is 5.53. The molecule has 0 N–H and O–H groups in total. The van der Waals surface area contributed by atoms with Crippen LogP contribution in [0.15, 0.2) is 36.4 Å². The van der Waals surface area contributed by atoms with Crippen LogP contribution in [0.5, 0.6) is 0 Å². The van der Waals surface area contributed by atoms with Crippen LogP contribution in [0, 0.1) is 40.7 Å². The van der Waals surface area contributed by atoms with Gasteiger partial charge in [-0.25, -0.2) is 30.7 Å². The quantitative estimate of drug-likeness (QED) is 0.166. The van der Waals surface area contributed by atoms with Crippen molar-refractivity contribution in [2.45, 2.75) is 63.6 Å². The van der Waals surface area contributed by atoms with E-state index in [0.29, 0.717) is 24.1 Å². The third-order valence-corrected chi connectivity index (χ3v) is 7.54. The Labute approximate surface area is 223 Å². The molecule has 0 amide bonds. The summed E-state index contributed by atoms with van der Waals surface area (Å²) in [6.07, 6.45) is -3.96. The minimum atomic E-state index is -4.23. The smallest absolute Gasteiger partial charge is 0.313 e. The van der Waals surface area contributed by atoms with Crippen molar-refractivity contribution in [3.63, 3.8) is 0 Å². The maximum Gasteiger partial charge on any atom is 0.386 e. The number of benzene rings is 4. The van der Waals surface area contributed by atoms with Gasteiger partial charge in [0.05, 0.1) is 22.4 Å². The lowest BCUT2D eigenvalue weighted by Gasteiger charge is -2.32. The summed E-state index contributed by atoms with van der Waals surface area (Å²) < 4.78 is 135. The average Bonchev–Trinajstić information content (AvgIpc) is 2.90. The highest BCUT2D eigenvalue weighted by Crippen LogP contribution is 2.42. The van der Waals surface area contributed by atoms with Crippen LogP contribution >= 0.6 is 0 Å². The number of alkyl halides is 2. The highest BCUT2D eigenvalue weighted by molar-refractivity contribution is 5.86. The topological polar surface area (TPSA) is 9.23 Å². The molecular weight excluding hydrogens is 547 g/mol. The maximum atomic E-state index is 15.1. The Balaban J connectivity index is 1.35. The molecule has 1 nitrogen and oxygen atoms in total. The first-order chi connectivity index (χ1) is 18.9. The van der Waals surface area contributed by atoms with E-state index in [1.165, 1.54) is 18.2 Å². The molecule has 0 aromatic heterocycles. The summed E-state index contributed by atoms with van der Waals surface area (Å²) >= 11 is 0. The van der Waals surface area contributed by atoms with Crippen LogP contribution in [-0.2, 0) is 17.3 Å². The molecule has 4 aromatic rings. The van der Waals surface area contributed by atoms with Crippen LogP contribution in [0.3, 0.4) is 0 Å². The maximum absolute atomic E-state index is 15.1. The minimum absolute atomic E-state index is 0.0404. The van der Waals surface area contributed by atoms with Crippen molar-refractivity contribution in [1.82, 2.24) is 0 Å². The normalized spacial score (nSPS) is 18.1. The molecule has 0 radical (unpaired) electrons. The van der Waals surface area contributed by atoms with Gasteiger partial charge < -0.3 is 4.74 Å². The van der Waals surface area contributed by atoms with Gasteiger partial charge in [-0.2, -0.15) is 8.78 Å². The van der Waals surface area contributed by atoms with Crippen LogP contribution in [0.25, 0.3) is 21.5 Å². The van der Waals surface area contributed by atoms with Crippen LogP contribution in [0.1, 0.15) is 61.6 Å². The second-order valence-corrected chi connectivity index (χ2v) is 10.1. The molecule has 0 spiro atoms. The second-order valence-electron chi connectivity index (χ2n) is 10.1. The second kappa shape index (κ2) is 10.6. The highest BCUT2D eigenvalue weighted by atomic mass is 19.3. The lowest BCUT2D eigenvalue weighted by atomic mass is 9.82. The Hall–Kier alpha value is -3.27. The van der Waals surface area contributed by atoms with E-state index in [4.69, 9.17) is 4.74 Å². The van der Waals surface area contributed by atoms with E-state index in [1.807, 2.05) is 0 Å². The Morgan fingerprint density at radius 1 is 0.700 bits per heavy atom. The predicted octanol–water partition coefficient (Wildman–Crippen LogP) is 9.71. The monoisotopic (exact) mass is 570 g/mol. The SMILES string of the molecule is CCCc1ccc2cc(C(F)(F)OC3CCC(c4cc(F)c5c(F)c(F)c(F)cc5c4)CC3)c(F)c(F)c2c1F. The number of rotatable bonds is 6. The molecule has 1 aliphatic carbocycles. The van der Waals surface area contributed by atoms with Crippen LogP contribution < -0.4 is 0 Å². The summed E-state index contributed by atoms with van der Waals surface area (Å²) in [5.74, 6) is -11.0. The van der Waals surface area contributed by atoms with Crippen molar-refractivity contribution < 1.29 is 44.3 Å². The molecule has 0 unspecified atom stereocenters. The molecule has 4 aromatic carbocycles. The number of aryl methyl sites for hydroxylation is 1. The van der Waals surface area contributed by atoms with Gasteiger partial charge in [-0.3, -0.25) is 0 Å². The van der Waals surface area contributed by atoms with E-state index in [1.54, 1.807) is 6.92 Å². The van der Waals surface area contributed by atoms with Gasteiger partial charge in [0.1, 0.15) is 11.6 Å². The summed E-state index contributed by atoms with van der Waals surface area (Å²) in [6.45, 7) is 1.78. The van der Waals surface area contributed by atoms with Gasteiger partial charge in [-0.05, 0) is 78.1 Å². The number of ether oxygens (including phenoxy) is 1. The zero-order valence-electron chi connectivity index (χ0n) is 21.2. The van der Waals surface area contributed by atoms with Crippen molar-refractivity contribution >= 4 is 21.5 Å². The van der Waals surface area contributed by atoms with E-state index in [-0.39, 0.29) is 54.4 Å². The molecule has 0 heterocycles. The molecule has 1 aliphatic rings. The molecule has 1 fully saturated rings. The number of halogens is 9. The van der Waals surface area contributed by atoms with Crippen molar-refractivity contribution in [3.8, 4) is 0 Å². The van der Waals surface area contributed by atoms with Gasteiger partial charge in [0.25, 0.3) is 0 Å². The van der Waals surface area contributed by atoms with E-state index >= 15 is 8.78 Å². The molecule has 5 rings (SSSR count). The summed E-state index contributed by atoms with van der Waals surface area (Å²) in [4.78, 5) is 0. The third kappa shape index (κ3) is 4.91. The number of fused-ring (bicyclic) bond motifs is 2. The van der Waals surface area contributed by atoms with Gasteiger partial charge in [-0.1, -0.05) is 31.5 Å². The molecule has 0 saturated heterocycles. The molecule has 0 bridgehead atoms. The molecule has 212 valence electrons. The van der Waals surface area contributed by atoms with E-state index in [0.717, 1.165) is 6.07 Å². The first-order valence-electron chi connectivity index (χ1n) is 12.8. The van der Waals surface area contributed by atoms with Gasteiger partial charge in [0.15, 0.2) is 29.1 Å². The Morgan fingerprint density at radius 2 is 1.38 bits per heavy atom. The first-order valence-corrected chi connectivity index (χ1v) is 12.8. The van der Waals surface area contributed by atoms with E-state index < -0.39 is 69.3 Å². The fourth-order valence-corrected chi connectivity index (χ4v) is 5.53. The first kappa shape index (κ1) is 28.3. The van der Waals surface area contributed by atoms with Crippen molar-refractivity contribution in [2.24, 2.45) is 0 Å². The summed E-state index contributed by atoms with van der Waals surface area (Å²) in [7, 11) is 0. The summed E-state index contributed by atoms with van der Waals surface area (Å²) in [6, 6.07) is 6.29. The van der Waals surface area contributed by atoms with Gasteiger partial charge >= 0.3 is 6.11 Å². The summed E-state index contributed by atoms with van der Waals surface area (Å²) in [5, 5.41) is -1.80. The van der Waals surface area contributed by atoms with Crippen molar-refractivity contribution in [1.29, 1.82) is 0 Å². The zero-order valence-corrected chi connectivity index (χ0v) is 21.2. The zero-order chi connectivity index (χ0) is 28.9. The summed E-state index contributed by atoms with van der Waals surface area (Å²) in [5.41, 5.74) is -0.850. The lowest BCUT2D eigenvalue weighted by molar-refractivity contribution is -0.278. The Kier molecular flexibility index (Phi) is 7.50. The van der Waals surface area contributed by atoms with Crippen molar-refractivity contribution in [3.05, 3.63) is 93.8 Å². The van der Waals surface area contributed by atoms with Gasteiger partial charge in [0, 0.05) is 0 Å². The van der Waals surface area contributed by atoms with E-state index in [9.17, 15) is 30.7 Å². The minimum Gasteiger partial charge on any atom is -0.313 e. The van der Waals surface area contributed by atoms with Crippen molar-refractivity contribution in [2.75, 3.05) is 0 Å². The Bertz CT molecular complexity index is 1610. The van der Waals surface area contributed by atoms with Crippen LogP contribution in [0.4, 0.5) is 39.5 Å². The fraction of sp³-hybridized carbons (Fsp3) is 0.333. The standard InChI is InChI=1S/C30H23F9O/c1-2-3-15-4-5-16-11-20(26(34)29(37)24(16)25(15)33)30(38,39)40-19-8-6-14(7-9-19)17-10-18-13-22(32)27(35)28(36)23(18)21(31)12-17/h4-5,10-14,19H,2-3,6-9H2,1H3. The van der Waals surface area contributed by atoms with Crippen LogP contribution in [0.2, 0.25) is 0 Å². The average molecular weight is 570 g/mol. The molecular formula is C30H23F9O. The van der Waals surface area contributed by atoms with Gasteiger partial charge in [0.2, 0.25) is 0 Å². The number of hydrogen-bond acceptors (Lipinski definition) is 1. The Morgan fingerprint density at radius 3 is 2.05 bits per heavy atom. The molecule has 40 heavy (non-hydrogen) atoms. The number of hydrogen-bond donors (Lipinski definition) is 0. The predicted molar refractivity (Wildman–Crippen MR) is 132 cm³/mol.